The molecule has 0 radical (unpaired) electrons. The summed E-state index contributed by atoms with van der Waals surface area (Å²) in [5.74, 6) is 2.19. The first-order valence-corrected chi connectivity index (χ1v) is 6.58. The number of carbonyl (C=O) groups is 1. The quantitative estimate of drug-likeness (QED) is 0.530. The second-order valence-electron chi connectivity index (χ2n) is 4.75. The Balaban J connectivity index is 1.92. The van der Waals surface area contributed by atoms with Crippen molar-refractivity contribution in [1.82, 2.24) is 5.32 Å². The van der Waals surface area contributed by atoms with Crippen molar-refractivity contribution in [3.8, 4) is 0 Å². The van der Waals surface area contributed by atoms with Crippen LogP contribution in [0.25, 0.3) is 0 Å². The summed E-state index contributed by atoms with van der Waals surface area (Å²) >= 11 is 5.70. The molecule has 0 aromatic rings. The van der Waals surface area contributed by atoms with E-state index in [1.165, 1.54) is 19.3 Å². The summed E-state index contributed by atoms with van der Waals surface area (Å²) in [7, 11) is 0. The van der Waals surface area contributed by atoms with Gasteiger partial charge in [-0.3, -0.25) is 4.79 Å². The summed E-state index contributed by atoms with van der Waals surface area (Å²) < 4.78 is 0. The molecule has 0 aromatic carbocycles. The van der Waals surface area contributed by atoms with Crippen molar-refractivity contribution in [2.75, 3.05) is 12.4 Å². The van der Waals surface area contributed by atoms with Gasteiger partial charge >= 0.3 is 0 Å². The summed E-state index contributed by atoms with van der Waals surface area (Å²) in [5, 5.41) is 2.98. The van der Waals surface area contributed by atoms with Gasteiger partial charge in [0.05, 0.1) is 0 Å². The van der Waals surface area contributed by atoms with Gasteiger partial charge in [-0.2, -0.15) is 0 Å². The second-order valence-corrected chi connectivity index (χ2v) is 5.06. The fraction of sp³-hybridized carbons (Fsp3) is 0.917. The lowest BCUT2D eigenvalue weighted by Gasteiger charge is -2.24. The van der Waals surface area contributed by atoms with Crippen molar-refractivity contribution in [3.63, 3.8) is 0 Å². The molecule has 1 unspecified atom stereocenters. The summed E-state index contributed by atoms with van der Waals surface area (Å²) in [4.78, 5) is 11.4. The van der Waals surface area contributed by atoms with Gasteiger partial charge in [-0.05, 0) is 37.5 Å². The van der Waals surface area contributed by atoms with Crippen molar-refractivity contribution in [2.45, 2.75) is 45.4 Å². The first kappa shape index (κ1) is 12.8. The molecule has 1 aliphatic carbocycles. The van der Waals surface area contributed by atoms with Crippen LogP contribution in [0.4, 0.5) is 0 Å². The maximum Gasteiger partial charge on any atom is 0.220 e. The maximum absolute atomic E-state index is 11.4. The molecule has 0 bridgehead atoms. The third kappa shape index (κ3) is 5.41. The zero-order valence-corrected chi connectivity index (χ0v) is 10.4. The number of amides is 1. The molecule has 1 rings (SSSR count). The van der Waals surface area contributed by atoms with Gasteiger partial charge in [-0.1, -0.05) is 13.3 Å². The number of rotatable bonds is 7. The Morgan fingerprint density at radius 2 is 2.27 bits per heavy atom. The predicted octanol–water partition coefficient (Wildman–Crippen LogP) is 2.95. The number of nitrogens with one attached hydrogen (secondary N) is 1. The van der Waals surface area contributed by atoms with Crippen LogP contribution in [-0.2, 0) is 4.79 Å². The third-order valence-corrected chi connectivity index (χ3v) is 3.68. The fourth-order valence-electron chi connectivity index (χ4n) is 1.79. The highest BCUT2D eigenvalue weighted by molar-refractivity contribution is 6.18. The smallest absolute Gasteiger partial charge is 0.220 e. The minimum atomic E-state index is 0.234. The molecular weight excluding hydrogens is 210 g/mol. The summed E-state index contributed by atoms with van der Waals surface area (Å²) in [6.07, 6.45) is 6.70. The van der Waals surface area contributed by atoms with E-state index in [0.717, 1.165) is 31.7 Å². The molecule has 0 saturated heterocycles. The third-order valence-electron chi connectivity index (χ3n) is 3.16. The van der Waals surface area contributed by atoms with Crippen LogP contribution in [0.5, 0.6) is 0 Å². The largest absolute Gasteiger partial charge is 0.356 e. The molecule has 0 spiro atoms. The second kappa shape index (κ2) is 7.10. The molecule has 1 amide bonds. The zero-order valence-electron chi connectivity index (χ0n) is 9.60. The van der Waals surface area contributed by atoms with Gasteiger partial charge in [0.15, 0.2) is 0 Å². The highest BCUT2D eigenvalue weighted by atomic mass is 35.5. The standard InChI is InChI=1S/C12H22ClNO/c1-10(9-13)4-3-7-14-12(15)8-11-5-2-6-11/h10-11H,2-9H2,1H3,(H,14,15). The summed E-state index contributed by atoms with van der Waals surface area (Å²) in [5.41, 5.74) is 0. The Bertz CT molecular complexity index is 192. The highest BCUT2D eigenvalue weighted by Gasteiger charge is 2.20. The number of hydrogen-bond donors (Lipinski definition) is 1. The van der Waals surface area contributed by atoms with Crippen LogP contribution in [-0.4, -0.2) is 18.3 Å². The van der Waals surface area contributed by atoms with Crippen molar-refractivity contribution >= 4 is 17.5 Å². The van der Waals surface area contributed by atoms with Gasteiger partial charge in [-0.25, -0.2) is 0 Å². The van der Waals surface area contributed by atoms with E-state index in [4.69, 9.17) is 11.6 Å². The van der Waals surface area contributed by atoms with Crippen LogP contribution in [0, 0.1) is 11.8 Å². The van der Waals surface area contributed by atoms with E-state index >= 15 is 0 Å². The van der Waals surface area contributed by atoms with E-state index in [-0.39, 0.29) is 5.91 Å². The van der Waals surface area contributed by atoms with Gasteiger partial charge in [-0.15, -0.1) is 11.6 Å². The molecule has 1 aliphatic rings. The average Bonchev–Trinajstić information content (AvgIpc) is 2.18. The van der Waals surface area contributed by atoms with Crippen molar-refractivity contribution in [3.05, 3.63) is 0 Å². The van der Waals surface area contributed by atoms with Gasteiger partial charge in [0.2, 0.25) is 5.91 Å². The number of carbonyl (C=O) groups excluding carboxylic acids is 1. The molecular formula is C12H22ClNO. The molecule has 0 aliphatic heterocycles. The van der Waals surface area contributed by atoms with E-state index < -0.39 is 0 Å². The topological polar surface area (TPSA) is 29.1 Å². The van der Waals surface area contributed by atoms with E-state index in [2.05, 4.69) is 12.2 Å². The van der Waals surface area contributed by atoms with Gasteiger partial charge in [0.25, 0.3) is 0 Å². The Labute approximate surface area is 97.8 Å². The van der Waals surface area contributed by atoms with Crippen LogP contribution in [0.1, 0.15) is 45.4 Å². The Kier molecular flexibility index (Phi) is 6.07. The Hall–Kier alpha value is -0.240. The zero-order chi connectivity index (χ0) is 11.1. The van der Waals surface area contributed by atoms with Crippen LogP contribution in [0.3, 0.4) is 0 Å². The lowest BCUT2D eigenvalue weighted by molar-refractivity contribution is -0.122. The molecule has 1 saturated carbocycles. The van der Waals surface area contributed by atoms with Crippen molar-refractivity contribution in [2.24, 2.45) is 11.8 Å². The molecule has 1 N–H and O–H groups in total. The summed E-state index contributed by atoms with van der Waals surface area (Å²) in [6.45, 7) is 2.95. The Morgan fingerprint density at radius 1 is 1.53 bits per heavy atom. The lowest BCUT2D eigenvalue weighted by atomic mass is 9.83. The monoisotopic (exact) mass is 231 g/mol. The van der Waals surface area contributed by atoms with Crippen LogP contribution < -0.4 is 5.32 Å². The predicted molar refractivity (Wildman–Crippen MR) is 64.1 cm³/mol. The van der Waals surface area contributed by atoms with E-state index in [9.17, 15) is 4.79 Å². The molecule has 2 nitrogen and oxygen atoms in total. The SMILES string of the molecule is CC(CCl)CCCNC(=O)CC1CCC1. The molecule has 15 heavy (non-hydrogen) atoms. The van der Waals surface area contributed by atoms with Crippen LogP contribution in [0.15, 0.2) is 0 Å². The first-order valence-electron chi connectivity index (χ1n) is 6.05. The van der Waals surface area contributed by atoms with E-state index in [0.29, 0.717) is 11.8 Å². The van der Waals surface area contributed by atoms with Crippen LogP contribution >= 0.6 is 11.6 Å². The van der Waals surface area contributed by atoms with Gasteiger partial charge in [0.1, 0.15) is 0 Å². The molecule has 0 aromatic heterocycles. The maximum atomic E-state index is 11.4. The molecule has 88 valence electrons. The molecule has 3 heteroatoms. The lowest BCUT2D eigenvalue weighted by Crippen LogP contribution is -2.28. The van der Waals surface area contributed by atoms with E-state index in [1.54, 1.807) is 0 Å². The normalized spacial score (nSPS) is 18.3. The molecule has 1 atom stereocenters. The van der Waals surface area contributed by atoms with Crippen molar-refractivity contribution < 1.29 is 4.79 Å². The fourth-order valence-corrected chi connectivity index (χ4v) is 1.94. The molecule has 0 heterocycles. The van der Waals surface area contributed by atoms with E-state index in [1.807, 2.05) is 0 Å². The summed E-state index contributed by atoms with van der Waals surface area (Å²) in [6, 6.07) is 0. The minimum Gasteiger partial charge on any atom is -0.356 e. The number of alkyl halides is 1. The number of halogens is 1. The average molecular weight is 232 g/mol. The van der Waals surface area contributed by atoms with Gasteiger partial charge < -0.3 is 5.32 Å². The highest BCUT2D eigenvalue weighted by Crippen LogP contribution is 2.28. The molecule has 1 fully saturated rings. The number of hydrogen-bond acceptors (Lipinski definition) is 1. The first-order chi connectivity index (χ1) is 7.22. The van der Waals surface area contributed by atoms with Gasteiger partial charge in [0, 0.05) is 18.8 Å². The van der Waals surface area contributed by atoms with Crippen molar-refractivity contribution in [1.29, 1.82) is 0 Å². The van der Waals surface area contributed by atoms with Crippen LogP contribution in [0.2, 0.25) is 0 Å². The minimum absolute atomic E-state index is 0.234. The Morgan fingerprint density at radius 3 is 2.80 bits per heavy atom.